The predicted molar refractivity (Wildman–Crippen MR) is 69.9 cm³/mol. The van der Waals surface area contributed by atoms with Gasteiger partial charge >= 0.3 is 0 Å². The van der Waals surface area contributed by atoms with Crippen molar-refractivity contribution in [2.24, 2.45) is 0 Å². The highest BCUT2D eigenvalue weighted by Crippen LogP contribution is 2.04. The van der Waals surface area contributed by atoms with E-state index in [1.165, 1.54) is 0 Å². The summed E-state index contributed by atoms with van der Waals surface area (Å²) in [5, 5.41) is 6.97. The van der Waals surface area contributed by atoms with Gasteiger partial charge in [0, 0.05) is 12.2 Å². The molecule has 2 N–H and O–H groups in total. The summed E-state index contributed by atoms with van der Waals surface area (Å²) in [5.41, 5.74) is 1.02. The smallest absolute Gasteiger partial charge is 0.170 e. The van der Waals surface area contributed by atoms with Crippen molar-refractivity contribution in [3.63, 3.8) is 0 Å². The van der Waals surface area contributed by atoms with Crippen molar-refractivity contribution in [3.05, 3.63) is 37.3 Å². The van der Waals surface area contributed by atoms with Crippen LogP contribution in [-0.2, 0) is 0 Å². The number of hydrogen-bond acceptors (Lipinski definition) is 1. The van der Waals surface area contributed by atoms with Crippen molar-refractivity contribution in [1.29, 1.82) is 0 Å². The van der Waals surface area contributed by atoms with Crippen LogP contribution in [0.1, 0.15) is 19.3 Å². The largest absolute Gasteiger partial charge is 0.362 e. The van der Waals surface area contributed by atoms with Gasteiger partial charge in [0.2, 0.25) is 0 Å². The highest BCUT2D eigenvalue weighted by Gasteiger charge is 1.95. The first-order valence-corrected chi connectivity index (χ1v) is 5.63. The summed E-state index contributed by atoms with van der Waals surface area (Å²) in [6, 6.07) is 9.92. The Morgan fingerprint density at radius 3 is 2.60 bits per heavy atom. The van der Waals surface area contributed by atoms with Crippen molar-refractivity contribution in [2.75, 3.05) is 11.9 Å². The van der Waals surface area contributed by atoms with Gasteiger partial charge in [0.25, 0.3) is 0 Å². The fourth-order valence-corrected chi connectivity index (χ4v) is 1.42. The van der Waals surface area contributed by atoms with E-state index in [-0.39, 0.29) is 0 Å². The van der Waals surface area contributed by atoms with Gasteiger partial charge in [-0.3, -0.25) is 0 Å². The average molecular weight is 221 g/mol. The van der Waals surface area contributed by atoms with Crippen molar-refractivity contribution in [1.82, 2.24) is 5.32 Å². The van der Waals surface area contributed by atoms with E-state index in [0.29, 0.717) is 5.11 Å². The Labute approximate surface area is 97.1 Å². The number of para-hydroxylation sites is 1. The van der Waals surface area contributed by atoms with Gasteiger partial charge in [-0.15, -0.1) is 0 Å². The second-order valence-corrected chi connectivity index (χ2v) is 3.72. The van der Waals surface area contributed by atoms with Gasteiger partial charge in [0.1, 0.15) is 0 Å². The molecule has 3 heteroatoms. The summed E-state index contributed by atoms with van der Waals surface area (Å²) >= 11 is 5.15. The Hall–Kier alpha value is -1.09. The monoisotopic (exact) mass is 221 g/mol. The van der Waals surface area contributed by atoms with E-state index in [1.807, 2.05) is 30.3 Å². The lowest BCUT2D eigenvalue weighted by atomic mass is 10.2. The van der Waals surface area contributed by atoms with Gasteiger partial charge in [-0.1, -0.05) is 38.0 Å². The summed E-state index contributed by atoms with van der Waals surface area (Å²) in [4.78, 5) is 0. The van der Waals surface area contributed by atoms with Gasteiger partial charge < -0.3 is 10.6 Å². The Morgan fingerprint density at radius 1 is 1.20 bits per heavy atom. The lowest BCUT2D eigenvalue weighted by molar-refractivity contribution is 0.721. The number of hydrogen-bond donors (Lipinski definition) is 2. The standard InChI is InChI=1S/C12H17N2S/c1-2-3-7-10-13-12(15)14-11-8-5-4-6-9-11/h4-6,8-9H,1-3,7,10H2,(H2,13,14,15). The molecule has 0 aromatic heterocycles. The molecule has 0 bridgehead atoms. The maximum atomic E-state index is 5.15. The van der Waals surface area contributed by atoms with Crippen molar-refractivity contribution in [3.8, 4) is 0 Å². The Morgan fingerprint density at radius 2 is 1.93 bits per heavy atom. The van der Waals surface area contributed by atoms with Gasteiger partial charge in [-0.2, -0.15) is 0 Å². The van der Waals surface area contributed by atoms with Crippen LogP contribution in [0, 0.1) is 6.92 Å². The first-order chi connectivity index (χ1) is 7.33. The van der Waals surface area contributed by atoms with Crippen LogP contribution >= 0.6 is 12.2 Å². The van der Waals surface area contributed by atoms with Gasteiger partial charge in [0.05, 0.1) is 0 Å². The number of benzene rings is 1. The highest BCUT2D eigenvalue weighted by molar-refractivity contribution is 7.80. The Kier molecular flexibility index (Phi) is 5.78. The zero-order valence-corrected chi connectivity index (χ0v) is 9.65. The number of nitrogens with one attached hydrogen (secondary N) is 2. The van der Waals surface area contributed by atoms with E-state index < -0.39 is 0 Å². The minimum absolute atomic E-state index is 0.685. The fourth-order valence-electron chi connectivity index (χ4n) is 1.20. The third-order valence-corrected chi connectivity index (χ3v) is 2.24. The van der Waals surface area contributed by atoms with Crippen LogP contribution in [0.3, 0.4) is 0 Å². The van der Waals surface area contributed by atoms with Gasteiger partial charge in [0.15, 0.2) is 5.11 Å². The van der Waals surface area contributed by atoms with Gasteiger partial charge in [-0.25, -0.2) is 0 Å². The molecule has 0 fully saturated rings. The second-order valence-electron chi connectivity index (χ2n) is 3.31. The van der Waals surface area contributed by atoms with Crippen LogP contribution in [0.15, 0.2) is 30.3 Å². The lowest BCUT2D eigenvalue weighted by Gasteiger charge is -2.09. The van der Waals surface area contributed by atoms with Crippen LogP contribution < -0.4 is 10.6 Å². The second kappa shape index (κ2) is 7.23. The molecule has 0 amide bonds. The zero-order valence-electron chi connectivity index (χ0n) is 8.83. The zero-order chi connectivity index (χ0) is 10.9. The fraction of sp³-hybridized carbons (Fsp3) is 0.333. The van der Waals surface area contributed by atoms with E-state index in [4.69, 9.17) is 12.2 Å². The molecule has 1 radical (unpaired) electrons. The minimum atomic E-state index is 0.685. The van der Waals surface area contributed by atoms with Gasteiger partial charge in [-0.05, 0) is 30.8 Å². The third kappa shape index (κ3) is 5.37. The van der Waals surface area contributed by atoms with E-state index >= 15 is 0 Å². The molecule has 1 aromatic carbocycles. The van der Waals surface area contributed by atoms with E-state index in [2.05, 4.69) is 17.6 Å². The van der Waals surface area contributed by atoms with Crippen LogP contribution in [0.25, 0.3) is 0 Å². The van der Waals surface area contributed by atoms with E-state index in [0.717, 1.165) is 31.5 Å². The molecule has 1 aromatic rings. The number of rotatable bonds is 5. The SMILES string of the molecule is [CH2]CCCCNC(=S)Nc1ccccc1. The molecule has 0 heterocycles. The molecule has 0 saturated heterocycles. The maximum absolute atomic E-state index is 5.15. The molecule has 0 aliphatic carbocycles. The first-order valence-electron chi connectivity index (χ1n) is 5.22. The maximum Gasteiger partial charge on any atom is 0.170 e. The molecule has 0 atom stereocenters. The molecule has 0 unspecified atom stereocenters. The van der Waals surface area contributed by atoms with E-state index in [9.17, 15) is 0 Å². The topological polar surface area (TPSA) is 24.1 Å². The van der Waals surface area contributed by atoms with Crippen LogP contribution in [-0.4, -0.2) is 11.7 Å². The molecule has 0 aliphatic rings. The molecule has 15 heavy (non-hydrogen) atoms. The first kappa shape index (κ1) is 12.0. The molecule has 1 rings (SSSR count). The van der Waals surface area contributed by atoms with Crippen molar-refractivity contribution < 1.29 is 0 Å². The minimum Gasteiger partial charge on any atom is -0.362 e. The van der Waals surface area contributed by atoms with Crippen LogP contribution in [0.5, 0.6) is 0 Å². The molecule has 81 valence electrons. The molecule has 0 aliphatic heterocycles. The Balaban J connectivity index is 2.19. The highest BCUT2D eigenvalue weighted by atomic mass is 32.1. The molecular weight excluding hydrogens is 204 g/mol. The van der Waals surface area contributed by atoms with Crippen molar-refractivity contribution >= 4 is 23.0 Å². The predicted octanol–water partition coefficient (Wildman–Crippen LogP) is 2.98. The number of unbranched alkanes of at least 4 members (excludes halogenated alkanes) is 2. The summed E-state index contributed by atoms with van der Waals surface area (Å²) in [7, 11) is 0. The average Bonchev–Trinajstić information content (AvgIpc) is 2.26. The molecule has 0 spiro atoms. The number of thiocarbonyl (C=S) groups is 1. The molecular formula is C12H17N2S. The van der Waals surface area contributed by atoms with Crippen molar-refractivity contribution in [2.45, 2.75) is 19.3 Å². The summed E-state index contributed by atoms with van der Waals surface area (Å²) in [5.74, 6) is 0. The summed E-state index contributed by atoms with van der Waals surface area (Å²) < 4.78 is 0. The third-order valence-electron chi connectivity index (χ3n) is 1.99. The van der Waals surface area contributed by atoms with Crippen LogP contribution in [0.2, 0.25) is 0 Å². The Bertz CT molecular complexity index is 285. The summed E-state index contributed by atoms with van der Waals surface area (Å²) in [6.07, 6.45) is 3.24. The molecule has 0 saturated carbocycles. The molecule has 2 nitrogen and oxygen atoms in total. The lowest BCUT2D eigenvalue weighted by Crippen LogP contribution is -2.29. The number of anilines is 1. The quantitative estimate of drug-likeness (QED) is 0.590. The normalized spacial score (nSPS) is 9.67. The summed E-state index contributed by atoms with van der Waals surface area (Å²) in [6.45, 7) is 4.70. The van der Waals surface area contributed by atoms with E-state index in [1.54, 1.807) is 0 Å². The van der Waals surface area contributed by atoms with Crippen LogP contribution in [0.4, 0.5) is 5.69 Å².